The number of rotatable bonds is 6. The number of hydrogen-bond acceptors (Lipinski definition) is 5. The van der Waals surface area contributed by atoms with Crippen molar-refractivity contribution in [3.8, 4) is 0 Å². The molecule has 0 saturated heterocycles. The van der Waals surface area contributed by atoms with Gasteiger partial charge in [-0.3, -0.25) is 4.79 Å². The Labute approximate surface area is 94.8 Å². The molecule has 16 heavy (non-hydrogen) atoms. The van der Waals surface area contributed by atoms with Crippen LogP contribution < -0.4 is 5.32 Å². The summed E-state index contributed by atoms with van der Waals surface area (Å²) in [5, 5.41) is 13.9. The molecule has 0 radical (unpaired) electrons. The Kier molecular flexibility index (Phi) is 4.68. The number of nitrogens with one attached hydrogen (secondary N) is 1. The van der Waals surface area contributed by atoms with Gasteiger partial charge in [0, 0.05) is 33.1 Å². The van der Waals surface area contributed by atoms with E-state index in [-0.39, 0.29) is 5.91 Å². The van der Waals surface area contributed by atoms with Crippen LogP contribution in [0.2, 0.25) is 0 Å². The molecule has 1 rings (SSSR count). The van der Waals surface area contributed by atoms with Gasteiger partial charge in [0.1, 0.15) is 0 Å². The molecule has 0 bridgehead atoms. The van der Waals surface area contributed by atoms with E-state index in [1.165, 1.54) is 4.68 Å². The highest BCUT2D eigenvalue weighted by atomic mass is 16.2. The molecule has 1 aromatic heterocycles. The van der Waals surface area contributed by atoms with Crippen LogP contribution in [0.3, 0.4) is 0 Å². The highest BCUT2D eigenvalue weighted by Gasteiger charge is 2.09. The first kappa shape index (κ1) is 12.4. The van der Waals surface area contributed by atoms with E-state index in [0.717, 1.165) is 13.1 Å². The number of tetrazole rings is 1. The SMILES string of the molecule is CCN(CC)C(=O)CCNc1nnnn1C. The molecule has 0 fully saturated rings. The van der Waals surface area contributed by atoms with E-state index in [1.54, 1.807) is 11.9 Å². The molecular weight excluding hydrogens is 208 g/mol. The van der Waals surface area contributed by atoms with E-state index >= 15 is 0 Å². The predicted molar refractivity (Wildman–Crippen MR) is 59.8 cm³/mol. The van der Waals surface area contributed by atoms with Gasteiger partial charge in [-0.05, 0) is 24.3 Å². The third-order valence-electron chi connectivity index (χ3n) is 2.36. The number of hydrogen-bond donors (Lipinski definition) is 1. The zero-order valence-electron chi connectivity index (χ0n) is 9.97. The van der Waals surface area contributed by atoms with Gasteiger partial charge in [-0.1, -0.05) is 5.10 Å². The van der Waals surface area contributed by atoms with Gasteiger partial charge in [-0.25, -0.2) is 4.68 Å². The minimum atomic E-state index is 0.146. The van der Waals surface area contributed by atoms with Crippen molar-refractivity contribution in [2.24, 2.45) is 7.05 Å². The predicted octanol–water partition coefficient (Wildman–Crippen LogP) is -0.119. The Morgan fingerprint density at radius 1 is 1.44 bits per heavy atom. The van der Waals surface area contributed by atoms with Crippen molar-refractivity contribution >= 4 is 11.9 Å². The minimum absolute atomic E-state index is 0.146. The minimum Gasteiger partial charge on any atom is -0.353 e. The molecule has 1 aromatic rings. The third kappa shape index (κ3) is 3.18. The number of amides is 1. The van der Waals surface area contributed by atoms with Gasteiger partial charge in [-0.2, -0.15) is 0 Å². The van der Waals surface area contributed by atoms with Crippen LogP contribution in [0.15, 0.2) is 0 Å². The van der Waals surface area contributed by atoms with E-state index in [0.29, 0.717) is 18.9 Å². The number of aryl methyl sites for hydroxylation is 1. The van der Waals surface area contributed by atoms with Crippen molar-refractivity contribution in [2.75, 3.05) is 25.0 Å². The maximum Gasteiger partial charge on any atom is 0.242 e. The van der Waals surface area contributed by atoms with Gasteiger partial charge in [0.25, 0.3) is 0 Å². The zero-order chi connectivity index (χ0) is 12.0. The Morgan fingerprint density at radius 2 is 2.12 bits per heavy atom. The lowest BCUT2D eigenvalue weighted by Gasteiger charge is -2.18. The number of carbonyl (C=O) groups is 1. The van der Waals surface area contributed by atoms with Gasteiger partial charge in [0.2, 0.25) is 11.9 Å². The molecule has 0 atom stereocenters. The fourth-order valence-corrected chi connectivity index (χ4v) is 1.39. The topological polar surface area (TPSA) is 75.9 Å². The average Bonchev–Trinajstić information content (AvgIpc) is 2.66. The van der Waals surface area contributed by atoms with Gasteiger partial charge >= 0.3 is 0 Å². The van der Waals surface area contributed by atoms with E-state index in [9.17, 15) is 4.79 Å². The number of anilines is 1. The first-order valence-corrected chi connectivity index (χ1v) is 5.43. The maximum absolute atomic E-state index is 11.6. The van der Waals surface area contributed by atoms with Crippen LogP contribution >= 0.6 is 0 Å². The normalized spacial score (nSPS) is 10.2. The van der Waals surface area contributed by atoms with Crippen molar-refractivity contribution in [2.45, 2.75) is 20.3 Å². The number of nitrogens with zero attached hydrogens (tertiary/aromatic N) is 5. The molecule has 0 spiro atoms. The molecule has 1 heterocycles. The van der Waals surface area contributed by atoms with Crippen LogP contribution in [0.1, 0.15) is 20.3 Å². The molecule has 0 aliphatic carbocycles. The summed E-state index contributed by atoms with van der Waals surface area (Å²) in [6.45, 7) is 5.99. The van der Waals surface area contributed by atoms with Crippen molar-refractivity contribution in [1.82, 2.24) is 25.1 Å². The second kappa shape index (κ2) is 6.04. The van der Waals surface area contributed by atoms with Gasteiger partial charge in [0.15, 0.2) is 0 Å². The maximum atomic E-state index is 11.6. The summed E-state index contributed by atoms with van der Waals surface area (Å²) in [6.07, 6.45) is 0.453. The second-order valence-electron chi connectivity index (χ2n) is 3.37. The summed E-state index contributed by atoms with van der Waals surface area (Å²) in [6, 6.07) is 0. The summed E-state index contributed by atoms with van der Waals surface area (Å²) in [7, 11) is 1.74. The van der Waals surface area contributed by atoms with Crippen LogP contribution in [0.25, 0.3) is 0 Å². The van der Waals surface area contributed by atoms with E-state index in [2.05, 4.69) is 20.8 Å². The van der Waals surface area contributed by atoms with Crippen molar-refractivity contribution < 1.29 is 4.79 Å². The second-order valence-corrected chi connectivity index (χ2v) is 3.37. The molecule has 0 saturated carbocycles. The van der Waals surface area contributed by atoms with E-state index in [4.69, 9.17) is 0 Å². The van der Waals surface area contributed by atoms with Crippen LogP contribution in [-0.2, 0) is 11.8 Å². The molecule has 7 heteroatoms. The Hall–Kier alpha value is -1.66. The highest BCUT2D eigenvalue weighted by molar-refractivity contribution is 5.76. The Bertz CT molecular complexity index is 332. The zero-order valence-corrected chi connectivity index (χ0v) is 9.97. The first-order chi connectivity index (χ1) is 7.69. The fraction of sp³-hybridized carbons (Fsp3) is 0.778. The molecule has 0 aromatic carbocycles. The molecule has 1 amide bonds. The number of carbonyl (C=O) groups excluding carboxylic acids is 1. The molecule has 7 nitrogen and oxygen atoms in total. The molecular formula is C9H18N6O. The van der Waals surface area contributed by atoms with Crippen molar-refractivity contribution in [3.05, 3.63) is 0 Å². The molecule has 0 aliphatic rings. The average molecular weight is 226 g/mol. The van der Waals surface area contributed by atoms with Crippen LogP contribution in [0, 0.1) is 0 Å². The summed E-state index contributed by atoms with van der Waals surface area (Å²) in [5.41, 5.74) is 0. The lowest BCUT2D eigenvalue weighted by atomic mass is 10.3. The fourth-order valence-electron chi connectivity index (χ4n) is 1.39. The largest absolute Gasteiger partial charge is 0.353 e. The monoisotopic (exact) mass is 226 g/mol. The smallest absolute Gasteiger partial charge is 0.242 e. The first-order valence-electron chi connectivity index (χ1n) is 5.43. The van der Waals surface area contributed by atoms with Crippen molar-refractivity contribution in [3.63, 3.8) is 0 Å². The summed E-state index contributed by atoms with van der Waals surface area (Å²) >= 11 is 0. The summed E-state index contributed by atoms with van der Waals surface area (Å²) < 4.78 is 1.53. The van der Waals surface area contributed by atoms with Crippen LogP contribution in [0.5, 0.6) is 0 Å². The summed E-state index contributed by atoms with van der Waals surface area (Å²) in [4.78, 5) is 13.4. The van der Waals surface area contributed by atoms with Crippen LogP contribution in [0.4, 0.5) is 5.95 Å². The highest BCUT2D eigenvalue weighted by Crippen LogP contribution is 1.98. The number of aromatic nitrogens is 4. The lowest BCUT2D eigenvalue weighted by Crippen LogP contribution is -2.31. The van der Waals surface area contributed by atoms with Gasteiger partial charge in [0.05, 0.1) is 0 Å². The standard InChI is InChI=1S/C9H18N6O/c1-4-15(5-2)8(16)6-7-10-9-11-12-13-14(9)3/h4-7H2,1-3H3,(H,10,11,13). The lowest BCUT2D eigenvalue weighted by molar-refractivity contribution is -0.130. The van der Waals surface area contributed by atoms with Crippen molar-refractivity contribution in [1.29, 1.82) is 0 Å². The Morgan fingerprint density at radius 3 is 2.62 bits per heavy atom. The van der Waals surface area contributed by atoms with E-state index < -0.39 is 0 Å². The van der Waals surface area contributed by atoms with Gasteiger partial charge < -0.3 is 10.2 Å². The van der Waals surface area contributed by atoms with Gasteiger partial charge in [-0.15, -0.1) is 0 Å². The molecule has 90 valence electrons. The molecule has 0 aliphatic heterocycles. The summed E-state index contributed by atoms with van der Waals surface area (Å²) in [5.74, 6) is 0.722. The van der Waals surface area contributed by atoms with Crippen LogP contribution in [-0.4, -0.2) is 50.6 Å². The molecule has 1 N–H and O–H groups in total. The Balaban J connectivity index is 2.30. The van der Waals surface area contributed by atoms with E-state index in [1.807, 2.05) is 13.8 Å². The molecule has 0 unspecified atom stereocenters. The quantitative estimate of drug-likeness (QED) is 0.732. The third-order valence-corrected chi connectivity index (χ3v) is 2.36.